The van der Waals surface area contributed by atoms with Crippen molar-refractivity contribution in [1.29, 1.82) is 0 Å². The lowest BCUT2D eigenvalue weighted by molar-refractivity contribution is 0.225. The second-order valence-electron chi connectivity index (χ2n) is 5.56. The van der Waals surface area contributed by atoms with E-state index in [1.54, 1.807) is 0 Å². The Morgan fingerprint density at radius 1 is 1.12 bits per heavy atom. The van der Waals surface area contributed by atoms with Gasteiger partial charge >= 0.3 is 0 Å². The fraction of sp³-hybridized carbons (Fsp3) is 0.867. The fourth-order valence-electron chi connectivity index (χ4n) is 2.96. The van der Waals surface area contributed by atoms with E-state index in [1.807, 2.05) is 0 Å². The summed E-state index contributed by atoms with van der Waals surface area (Å²) in [6.07, 6.45) is 14.4. The van der Waals surface area contributed by atoms with Crippen molar-refractivity contribution in [2.45, 2.75) is 44.9 Å². The first kappa shape index (κ1) is 13.1. The van der Waals surface area contributed by atoms with E-state index in [0.717, 1.165) is 5.92 Å². The Morgan fingerprint density at radius 3 is 2.76 bits per heavy atom. The van der Waals surface area contributed by atoms with Crippen LogP contribution in [0.1, 0.15) is 44.9 Å². The van der Waals surface area contributed by atoms with Crippen LogP contribution in [0.5, 0.6) is 0 Å². The van der Waals surface area contributed by atoms with Crippen molar-refractivity contribution in [3.8, 4) is 0 Å². The predicted molar refractivity (Wildman–Crippen MR) is 74.3 cm³/mol. The van der Waals surface area contributed by atoms with Crippen LogP contribution < -0.4 is 5.32 Å². The molecule has 1 fully saturated rings. The highest BCUT2D eigenvalue weighted by atomic mass is 15.1. The molecular formula is C15H28N2. The van der Waals surface area contributed by atoms with E-state index in [-0.39, 0.29) is 0 Å². The molecule has 0 radical (unpaired) electrons. The normalized spacial score (nSPS) is 25.5. The number of hydrogen-bond acceptors (Lipinski definition) is 2. The minimum Gasteiger partial charge on any atom is -0.317 e. The number of nitrogens with one attached hydrogen (secondary N) is 1. The molecular weight excluding hydrogens is 208 g/mol. The van der Waals surface area contributed by atoms with Crippen LogP contribution in [0.15, 0.2) is 12.2 Å². The van der Waals surface area contributed by atoms with Crippen molar-refractivity contribution < 1.29 is 0 Å². The van der Waals surface area contributed by atoms with Crippen LogP contribution >= 0.6 is 0 Å². The number of allylic oxidation sites excluding steroid dienone is 2. The van der Waals surface area contributed by atoms with Crippen LogP contribution in [0.25, 0.3) is 0 Å². The minimum absolute atomic E-state index is 0.865. The molecule has 0 saturated carbocycles. The lowest BCUT2D eigenvalue weighted by atomic mass is 10.1. The van der Waals surface area contributed by atoms with E-state index in [2.05, 4.69) is 22.4 Å². The van der Waals surface area contributed by atoms with Gasteiger partial charge in [0.15, 0.2) is 0 Å². The summed E-state index contributed by atoms with van der Waals surface area (Å²) in [4.78, 5) is 2.63. The lowest BCUT2D eigenvalue weighted by Gasteiger charge is -2.26. The standard InChI is InChI=1S/C15H28N2/c1-4-12-17(13-5-1)14-6-10-16-11-9-15-7-2-3-8-15/h2,7,15-16H,1,3-6,8-14H2. The molecule has 2 heteroatoms. The highest BCUT2D eigenvalue weighted by Crippen LogP contribution is 2.19. The molecule has 1 aliphatic heterocycles. The topological polar surface area (TPSA) is 15.3 Å². The van der Waals surface area contributed by atoms with Crippen LogP contribution in [0.4, 0.5) is 0 Å². The maximum absolute atomic E-state index is 3.59. The third kappa shape index (κ3) is 5.22. The molecule has 2 aliphatic rings. The van der Waals surface area contributed by atoms with E-state index in [1.165, 1.54) is 77.7 Å². The summed E-state index contributed by atoms with van der Waals surface area (Å²) in [7, 11) is 0. The first-order valence-electron chi connectivity index (χ1n) is 7.55. The van der Waals surface area contributed by atoms with Crippen molar-refractivity contribution >= 4 is 0 Å². The van der Waals surface area contributed by atoms with Gasteiger partial charge in [0.2, 0.25) is 0 Å². The molecule has 1 saturated heterocycles. The van der Waals surface area contributed by atoms with E-state index < -0.39 is 0 Å². The predicted octanol–water partition coefficient (Wildman–Crippen LogP) is 2.81. The van der Waals surface area contributed by atoms with Gasteiger partial charge in [0.25, 0.3) is 0 Å². The van der Waals surface area contributed by atoms with E-state index >= 15 is 0 Å². The minimum atomic E-state index is 0.865. The molecule has 1 N–H and O–H groups in total. The van der Waals surface area contributed by atoms with E-state index in [9.17, 15) is 0 Å². The number of rotatable bonds is 7. The largest absolute Gasteiger partial charge is 0.317 e. The third-order valence-corrected chi connectivity index (χ3v) is 4.08. The quantitative estimate of drug-likeness (QED) is 0.540. The van der Waals surface area contributed by atoms with Crippen molar-refractivity contribution in [2.24, 2.45) is 5.92 Å². The molecule has 2 rings (SSSR count). The molecule has 0 aromatic carbocycles. The zero-order valence-corrected chi connectivity index (χ0v) is 11.2. The molecule has 1 unspecified atom stereocenters. The first-order valence-corrected chi connectivity index (χ1v) is 7.55. The Hall–Kier alpha value is -0.340. The van der Waals surface area contributed by atoms with Crippen LogP contribution in [0.2, 0.25) is 0 Å². The molecule has 1 aliphatic carbocycles. The van der Waals surface area contributed by atoms with Gasteiger partial charge in [0, 0.05) is 0 Å². The zero-order chi connectivity index (χ0) is 11.8. The summed E-state index contributed by atoms with van der Waals surface area (Å²) in [6.45, 7) is 6.39. The molecule has 0 aromatic heterocycles. The Labute approximate surface area is 106 Å². The Balaban J connectivity index is 1.39. The second kappa shape index (κ2) is 7.88. The van der Waals surface area contributed by atoms with Gasteiger partial charge in [0.05, 0.1) is 0 Å². The summed E-state index contributed by atoms with van der Waals surface area (Å²) in [5.41, 5.74) is 0. The third-order valence-electron chi connectivity index (χ3n) is 4.08. The smallest absolute Gasteiger partial charge is 0.000664 e. The summed E-state index contributed by atoms with van der Waals surface area (Å²) in [5, 5.41) is 3.59. The lowest BCUT2D eigenvalue weighted by Crippen LogP contribution is -2.32. The van der Waals surface area contributed by atoms with Crippen LogP contribution in [-0.4, -0.2) is 37.6 Å². The SMILES string of the molecule is C1=CC(CCNCCCN2CCCCC2)CC1. The Kier molecular flexibility index (Phi) is 6.08. The average Bonchev–Trinajstić information content (AvgIpc) is 2.88. The molecule has 98 valence electrons. The van der Waals surface area contributed by atoms with Crippen LogP contribution in [-0.2, 0) is 0 Å². The average molecular weight is 236 g/mol. The maximum Gasteiger partial charge on any atom is -0.000664 e. The highest BCUT2D eigenvalue weighted by Gasteiger charge is 2.09. The van der Waals surface area contributed by atoms with Gasteiger partial charge in [-0.05, 0) is 77.2 Å². The molecule has 0 amide bonds. The van der Waals surface area contributed by atoms with E-state index in [0.29, 0.717) is 0 Å². The summed E-state index contributed by atoms with van der Waals surface area (Å²) in [6, 6.07) is 0. The number of hydrogen-bond donors (Lipinski definition) is 1. The fourth-order valence-corrected chi connectivity index (χ4v) is 2.96. The Bertz CT molecular complexity index is 219. The van der Waals surface area contributed by atoms with E-state index in [4.69, 9.17) is 0 Å². The molecule has 17 heavy (non-hydrogen) atoms. The van der Waals surface area contributed by atoms with Gasteiger partial charge in [-0.3, -0.25) is 0 Å². The Morgan fingerprint density at radius 2 is 2.00 bits per heavy atom. The summed E-state index contributed by atoms with van der Waals surface area (Å²) < 4.78 is 0. The molecule has 2 nitrogen and oxygen atoms in total. The van der Waals surface area contributed by atoms with Crippen molar-refractivity contribution in [1.82, 2.24) is 10.2 Å². The van der Waals surface area contributed by atoms with Crippen molar-refractivity contribution in [3.63, 3.8) is 0 Å². The van der Waals surface area contributed by atoms with Crippen molar-refractivity contribution in [2.75, 3.05) is 32.7 Å². The van der Waals surface area contributed by atoms with Crippen LogP contribution in [0.3, 0.4) is 0 Å². The van der Waals surface area contributed by atoms with Gasteiger partial charge in [0.1, 0.15) is 0 Å². The number of piperidine rings is 1. The molecule has 1 heterocycles. The summed E-state index contributed by atoms with van der Waals surface area (Å²) >= 11 is 0. The van der Waals surface area contributed by atoms with Gasteiger partial charge in [-0.15, -0.1) is 0 Å². The molecule has 0 spiro atoms. The zero-order valence-electron chi connectivity index (χ0n) is 11.2. The van der Waals surface area contributed by atoms with Gasteiger partial charge in [-0.2, -0.15) is 0 Å². The van der Waals surface area contributed by atoms with Gasteiger partial charge in [-0.1, -0.05) is 18.6 Å². The summed E-state index contributed by atoms with van der Waals surface area (Å²) in [5.74, 6) is 0.865. The maximum atomic E-state index is 3.59. The number of likely N-dealkylation sites (tertiary alicyclic amines) is 1. The van der Waals surface area contributed by atoms with Gasteiger partial charge < -0.3 is 10.2 Å². The first-order chi connectivity index (χ1) is 8.45. The monoisotopic (exact) mass is 236 g/mol. The molecule has 0 bridgehead atoms. The van der Waals surface area contributed by atoms with Crippen molar-refractivity contribution in [3.05, 3.63) is 12.2 Å². The number of nitrogens with zero attached hydrogens (tertiary/aromatic N) is 1. The second-order valence-corrected chi connectivity index (χ2v) is 5.56. The molecule has 0 aromatic rings. The van der Waals surface area contributed by atoms with Gasteiger partial charge in [-0.25, -0.2) is 0 Å². The highest BCUT2D eigenvalue weighted by molar-refractivity contribution is 4.95. The van der Waals surface area contributed by atoms with Crippen LogP contribution in [0, 0.1) is 5.92 Å². The molecule has 1 atom stereocenters.